The SMILES string of the molecule is CC(C)C(=O)/C(COc1ccc2c(ccn2Cc2cccc(C(=N)N=NN)c2)c1)=C(\N)c1c(Cl)cccc1Cl. The van der Waals surface area contributed by atoms with Crippen molar-refractivity contribution < 1.29 is 9.53 Å². The first-order valence-corrected chi connectivity index (χ1v) is 12.9. The van der Waals surface area contributed by atoms with E-state index in [9.17, 15) is 4.79 Å². The molecule has 8 nitrogen and oxygen atoms in total. The molecule has 4 aromatic rings. The maximum absolute atomic E-state index is 13.1. The Kier molecular flexibility index (Phi) is 8.69. The van der Waals surface area contributed by atoms with E-state index in [4.69, 9.17) is 44.9 Å². The molecule has 0 amide bonds. The monoisotopic (exact) mass is 562 g/mol. The summed E-state index contributed by atoms with van der Waals surface area (Å²) in [6, 6.07) is 20.3. The molecule has 0 saturated heterocycles. The van der Waals surface area contributed by atoms with E-state index < -0.39 is 0 Å². The summed E-state index contributed by atoms with van der Waals surface area (Å²) in [7, 11) is 0. The minimum atomic E-state index is -0.291. The molecule has 0 atom stereocenters. The van der Waals surface area contributed by atoms with E-state index in [0.29, 0.717) is 39.0 Å². The van der Waals surface area contributed by atoms with E-state index in [-0.39, 0.29) is 29.8 Å². The summed E-state index contributed by atoms with van der Waals surface area (Å²) in [5.74, 6) is 5.24. The molecule has 0 unspecified atom stereocenters. The standard InChI is InChI=1S/C29H28Cl2N6O2/c1-17(2)28(38)22(27(32)26-23(30)7-4-8-24(26)31)16-39-21-9-10-25-19(14-21)11-12-37(25)15-18-5-3-6-20(13-18)29(33)35-36-34/h3-14,17H,15-16,32H2,1-2H3,(H3,33,34,35)/b27-22-. The number of aromatic nitrogens is 1. The van der Waals surface area contributed by atoms with Crippen molar-refractivity contribution >= 4 is 51.4 Å². The molecule has 200 valence electrons. The van der Waals surface area contributed by atoms with Gasteiger partial charge in [0.2, 0.25) is 0 Å². The molecule has 0 radical (unpaired) electrons. The van der Waals surface area contributed by atoms with E-state index in [1.54, 1.807) is 38.1 Å². The van der Waals surface area contributed by atoms with Crippen LogP contribution in [0.2, 0.25) is 10.0 Å². The van der Waals surface area contributed by atoms with Crippen molar-refractivity contribution in [1.29, 1.82) is 5.41 Å². The third-order valence-electron chi connectivity index (χ3n) is 6.22. The lowest BCUT2D eigenvalue weighted by Crippen LogP contribution is -2.21. The summed E-state index contributed by atoms with van der Waals surface area (Å²) >= 11 is 12.7. The molecule has 0 bridgehead atoms. The summed E-state index contributed by atoms with van der Waals surface area (Å²) in [6.07, 6.45) is 1.98. The van der Waals surface area contributed by atoms with Gasteiger partial charge in [-0.15, -0.1) is 5.11 Å². The molecule has 3 aromatic carbocycles. The molecule has 39 heavy (non-hydrogen) atoms. The normalized spacial score (nSPS) is 12.2. The third kappa shape index (κ3) is 6.30. The number of Topliss-reactive ketones (excluding diaryl/α,β-unsaturated/α-hetero) is 1. The van der Waals surface area contributed by atoms with Crippen LogP contribution in [-0.4, -0.2) is 22.8 Å². The lowest BCUT2D eigenvalue weighted by molar-refractivity contribution is -0.118. The molecule has 0 fully saturated rings. The highest BCUT2D eigenvalue weighted by Crippen LogP contribution is 2.31. The number of nitrogens with one attached hydrogen (secondary N) is 1. The van der Waals surface area contributed by atoms with Crippen LogP contribution in [0.25, 0.3) is 16.6 Å². The number of amidine groups is 1. The molecule has 0 saturated carbocycles. The zero-order chi connectivity index (χ0) is 28.1. The predicted octanol–water partition coefficient (Wildman–Crippen LogP) is 6.62. The van der Waals surface area contributed by atoms with Crippen molar-refractivity contribution in [2.75, 3.05) is 6.61 Å². The fourth-order valence-electron chi connectivity index (χ4n) is 4.23. The zero-order valence-corrected chi connectivity index (χ0v) is 23.0. The Morgan fingerprint density at radius 3 is 2.46 bits per heavy atom. The molecule has 4 rings (SSSR count). The van der Waals surface area contributed by atoms with Gasteiger partial charge in [-0.3, -0.25) is 10.2 Å². The number of hydrogen-bond donors (Lipinski definition) is 3. The van der Waals surface area contributed by atoms with E-state index in [0.717, 1.165) is 16.5 Å². The van der Waals surface area contributed by atoms with Gasteiger partial charge in [-0.05, 0) is 48.0 Å². The molecule has 0 aliphatic heterocycles. The largest absolute Gasteiger partial charge is 0.489 e. The van der Waals surface area contributed by atoms with Gasteiger partial charge in [0.15, 0.2) is 11.6 Å². The average molecular weight is 563 g/mol. The van der Waals surface area contributed by atoms with Crippen LogP contribution in [0.15, 0.2) is 88.8 Å². The van der Waals surface area contributed by atoms with Gasteiger partial charge in [-0.1, -0.05) is 66.5 Å². The Morgan fingerprint density at radius 2 is 1.77 bits per heavy atom. The first-order chi connectivity index (χ1) is 18.7. The highest BCUT2D eigenvalue weighted by Gasteiger charge is 2.22. The minimum Gasteiger partial charge on any atom is -0.489 e. The van der Waals surface area contributed by atoms with E-state index in [1.165, 1.54) is 0 Å². The Labute approximate surface area is 236 Å². The Hall–Kier alpha value is -4.14. The maximum atomic E-state index is 13.1. The van der Waals surface area contributed by atoms with Gasteiger partial charge in [-0.2, -0.15) is 0 Å². The van der Waals surface area contributed by atoms with Crippen LogP contribution in [0.5, 0.6) is 5.75 Å². The summed E-state index contributed by atoms with van der Waals surface area (Å²) < 4.78 is 8.15. The molecular weight excluding hydrogens is 535 g/mol. The molecular formula is C29H28Cl2N6O2. The summed E-state index contributed by atoms with van der Waals surface area (Å²) in [6.45, 7) is 4.17. The number of nitrogens with two attached hydrogens (primary N) is 2. The van der Waals surface area contributed by atoms with Crippen LogP contribution in [0.4, 0.5) is 0 Å². The van der Waals surface area contributed by atoms with Crippen molar-refractivity contribution in [1.82, 2.24) is 4.57 Å². The number of ether oxygens (including phenoxy) is 1. The van der Waals surface area contributed by atoms with Crippen molar-refractivity contribution in [3.63, 3.8) is 0 Å². The first kappa shape index (κ1) is 27.9. The van der Waals surface area contributed by atoms with Gasteiger partial charge in [0, 0.05) is 40.7 Å². The summed E-state index contributed by atoms with van der Waals surface area (Å²) in [5, 5.41) is 16.4. The van der Waals surface area contributed by atoms with E-state index >= 15 is 0 Å². The minimum absolute atomic E-state index is 0.000292. The number of halogens is 2. The molecule has 5 N–H and O–H groups in total. The molecule has 1 aromatic heterocycles. The van der Waals surface area contributed by atoms with Crippen LogP contribution in [0.3, 0.4) is 0 Å². The number of fused-ring (bicyclic) bond motifs is 1. The molecule has 0 aliphatic rings. The van der Waals surface area contributed by atoms with Crippen molar-refractivity contribution in [3.8, 4) is 5.75 Å². The lowest BCUT2D eigenvalue weighted by atomic mass is 9.97. The summed E-state index contributed by atoms with van der Waals surface area (Å²) in [5.41, 5.74) is 10.0. The Morgan fingerprint density at radius 1 is 1.05 bits per heavy atom. The Bertz CT molecular complexity index is 1590. The second kappa shape index (κ2) is 12.1. The molecule has 10 heteroatoms. The number of carbonyl (C=O) groups is 1. The fraction of sp³-hybridized carbons (Fsp3) is 0.172. The summed E-state index contributed by atoms with van der Waals surface area (Å²) in [4.78, 5) is 13.1. The zero-order valence-electron chi connectivity index (χ0n) is 21.5. The maximum Gasteiger partial charge on any atom is 0.176 e. The van der Waals surface area contributed by atoms with Crippen LogP contribution < -0.4 is 16.3 Å². The highest BCUT2D eigenvalue weighted by molar-refractivity contribution is 6.37. The van der Waals surface area contributed by atoms with Crippen molar-refractivity contribution in [2.24, 2.45) is 27.8 Å². The third-order valence-corrected chi connectivity index (χ3v) is 6.85. The van der Waals surface area contributed by atoms with Crippen molar-refractivity contribution in [3.05, 3.63) is 105 Å². The van der Waals surface area contributed by atoms with Gasteiger partial charge >= 0.3 is 0 Å². The fourth-order valence-corrected chi connectivity index (χ4v) is 4.83. The highest BCUT2D eigenvalue weighted by atomic mass is 35.5. The quantitative estimate of drug-likeness (QED) is 0.0527. The average Bonchev–Trinajstić information content (AvgIpc) is 3.30. The van der Waals surface area contributed by atoms with Crippen LogP contribution in [0.1, 0.15) is 30.5 Å². The first-order valence-electron chi connectivity index (χ1n) is 12.2. The second-order valence-corrected chi connectivity index (χ2v) is 10.0. The second-order valence-electron chi connectivity index (χ2n) is 9.23. The molecule has 0 spiro atoms. The topological polar surface area (TPSA) is 132 Å². The van der Waals surface area contributed by atoms with Crippen LogP contribution >= 0.6 is 23.2 Å². The van der Waals surface area contributed by atoms with Gasteiger partial charge in [0.05, 0.1) is 21.3 Å². The lowest BCUT2D eigenvalue weighted by Gasteiger charge is -2.16. The van der Waals surface area contributed by atoms with Gasteiger partial charge in [0.1, 0.15) is 12.4 Å². The van der Waals surface area contributed by atoms with Gasteiger partial charge in [-0.25, -0.2) is 0 Å². The number of rotatable bonds is 9. The number of ketones is 1. The van der Waals surface area contributed by atoms with E-state index in [2.05, 4.69) is 14.9 Å². The smallest absolute Gasteiger partial charge is 0.176 e. The molecule has 1 heterocycles. The van der Waals surface area contributed by atoms with Crippen LogP contribution in [0, 0.1) is 11.3 Å². The van der Waals surface area contributed by atoms with E-state index in [1.807, 2.05) is 48.7 Å². The number of benzene rings is 3. The number of nitrogens with zero attached hydrogens (tertiary/aromatic N) is 3. The van der Waals surface area contributed by atoms with Crippen molar-refractivity contribution in [2.45, 2.75) is 20.4 Å². The number of hydrogen-bond acceptors (Lipinski definition) is 5. The Balaban J connectivity index is 1.57. The van der Waals surface area contributed by atoms with Gasteiger partial charge in [0.25, 0.3) is 0 Å². The van der Waals surface area contributed by atoms with Gasteiger partial charge < -0.3 is 20.9 Å². The van der Waals surface area contributed by atoms with Crippen LogP contribution in [-0.2, 0) is 11.3 Å². The number of carbonyl (C=O) groups excluding carboxylic acids is 1. The molecule has 0 aliphatic carbocycles. The predicted molar refractivity (Wildman–Crippen MR) is 156 cm³/mol.